The summed E-state index contributed by atoms with van der Waals surface area (Å²) in [6.07, 6.45) is -4.66. The monoisotopic (exact) mass is 369 g/mol. The molecule has 0 fully saturated rings. The van der Waals surface area contributed by atoms with E-state index in [1.165, 1.54) is 23.5 Å². The summed E-state index contributed by atoms with van der Waals surface area (Å²) in [6.45, 7) is 3.34. The average molecular weight is 369 g/mol. The molecule has 0 aliphatic carbocycles. The quantitative estimate of drug-likeness (QED) is 0.762. The molecule has 0 atom stereocenters. The van der Waals surface area contributed by atoms with Gasteiger partial charge in [-0.2, -0.15) is 13.2 Å². The van der Waals surface area contributed by atoms with Crippen molar-refractivity contribution in [3.8, 4) is 0 Å². The van der Waals surface area contributed by atoms with Crippen LogP contribution in [0.2, 0.25) is 0 Å². The Hall–Kier alpha value is -2.49. The van der Waals surface area contributed by atoms with Gasteiger partial charge in [0, 0.05) is 5.92 Å². The Kier molecular flexibility index (Phi) is 4.46. The second kappa shape index (κ2) is 6.43. The number of benzene rings is 1. The predicted molar refractivity (Wildman–Crippen MR) is 87.4 cm³/mol. The van der Waals surface area contributed by atoms with Crippen molar-refractivity contribution in [2.45, 2.75) is 32.5 Å². The average Bonchev–Trinajstić information content (AvgIpc) is 3.12. The molecule has 0 aliphatic heterocycles. The van der Waals surface area contributed by atoms with Crippen LogP contribution in [0.3, 0.4) is 0 Å². The van der Waals surface area contributed by atoms with Gasteiger partial charge in [-0.25, -0.2) is 4.98 Å². The van der Waals surface area contributed by atoms with E-state index in [9.17, 15) is 18.0 Å². The number of rotatable bonds is 4. The minimum Gasteiger partial charge on any atom is -0.311 e. The third kappa shape index (κ3) is 3.63. The fourth-order valence-electron chi connectivity index (χ4n) is 2.27. The Morgan fingerprint density at radius 3 is 2.64 bits per heavy atom. The van der Waals surface area contributed by atoms with E-state index in [1.54, 1.807) is 12.1 Å². The summed E-state index contributed by atoms with van der Waals surface area (Å²) in [5.41, 5.74) is 0.422. The molecule has 25 heavy (non-hydrogen) atoms. The van der Waals surface area contributed by atoms with E-state index in [0.717, 1.165) is 9.57 Å². The second-order valence-electron chi connectivity index (χ2n) is 5.66. The van der Waals surface area contributed by atoms with Crippen LogP contribution in [-0.2, 0) is 17.5 Å². The number of amides is 1. The van der Waals surface area contributed by atoms with Crippen LogP contribution in [0.1, 0.15) is 30.6 Å². The van der Waals surface area contributed by atoms with E-state index < -0.39 is 24.5 Å². The van der Waals surface area contributed by atoms with Crippen molar-refractivity contribution in [1.82, 2.24) is 19.7 Å². The third-order valence-electron chi connectivity index (χ3n) is 3.39. The van der Waals surface area contributed by atoms with Gasteiger partial charge in [0.25, 0.3) is 0 Å². The lowest BCUT2D eigenvalue weighted by atomic mass is 10.2. The number of hydrogen-bond donors (Lipinski definition) is 1. The number of anilines is 1. The zero-order valence-electron chi connectivity index (χ0n) is 13.3. The maximum absolute atomic E-state index is 13.2. The number of aromatic nitrogens is 4. The smallest absolute Gasteiger partial charge is 0.311 e. The van der Waals surface area contributed by atoms with E-state index in [0.29, 0.717) is 0 Å². The molecule has 0 saturated carbocycles. The lowest BCUT2D eigenvalue weighted by molar-refractivity contribution is -0.147. The van der Waals surface area contributed by atoms with Gasteiger partial charge in [-0.1, -0.05) is 37.3 Å². The van der Waals surface area contributed by atoms with Gasteiger partial charge in [0.05, 0.1) is 11.0 Å². The van der Waals surface area contributed by atoms with Crippen molar-refractivity contribution >= 4 is 33.4 Å². The van der Waals surface area contributed by atoms with Crippen LogP contribution in [0.4, 0.5) is 18.3 Å². The summed E-state index contributed by atoms with van der Waals surface area (Å²) in [4.78, 5) is 15.8. The molecule has 0 bridgehead atoms. The normalized spacial score (nSPS) is 12.1. The van der Waals surface area contributed by atoms with Gasteiger partial charge in [0.15, 0.2) is 0 Å². The fraction of sp³-hybridized carbons (Fsp3) is 0.333. The zero-order valence-corrected chi connectivity index (χ0v) is 14.1. The van der Waals surface area contributed by atoms with Crippen LogP contribution in [0, 0.1) is 0 Å². The molecule has 1 N–H and O–H groups in total. The van der Waals surface area contributed by atoms with Crippen molar-refractivity contribution in [2.75, 3.05) is 5.32 Å². The van der Waals surface area contributed by atoms with E-state index in [2.05, 4.69) is 20.5 Å². The lowest BCUT2D eigenvalue weighted by Gasteiger charge is -2.10. The van der Waals surface area contributed by atoms with Crippen LogP contribution in [0.5, 0.6) is 0 Å². The standard InChI is InChI=1S/C15H14F3N5OS/c1-8(2)12-21-22-14(25-12)20-11(24)7-23-10-6-4-3-5-9(10)19-13(23)15(16,17)18/h3-6,8H,7H2,1-2H3,(H,20,22,24). The zero-order chi connectivity index (χ0) is 18.2. The molecule has 6 nitrogen and oxygen atoms in total. The molecule has 0 aliphatic rings. The van der Waals surface area contributed by atoms with Crippen LogP contribution < -0.4 is 5.32 Å². The number of alkyl halides is 3. The minimum atomic E-state index is -4.66. The molecule has 2 aromatic heterocycles. The van der Waals surface area contributed by atoms with Crippen molar-refractivity contribution in [1.29, 1.82) is 0 Å². The molecule has 0 unspecified atom stereocenters. The first-order valence-corrected chi connectivity index (χ1v) is 8.23. The molecule has 2 heterocycles. The number of carbonyl (C=O) groups is 1. The number of para-hydroxylation sites is 2. The van der Waals surface area contributed by atoms with Crippen LogP contribution in [-0.4, -0.2) is 25.7 Å². The van der Waals surface area contributed by atoms with Crippen LogP contribution in [0.15, 0.2) is 24.3 Å². The maximum Gasteiger partial charge on any atom is 0.449 e. The van der Waals surface area contributed by atoms with E-state index in [4.69, 9.17) is 0 Å². The molecule has 132 valence electrons. The Morgan fingerprint density at radius 1 is 1.28 bits per heavy atom. The topological polar surface area (TPSA) is 72.7 Å². The lowest BCUT2D eigenvalue weighted by Crippen LogP contribution is -2.23. The molecule has 3 rings (SSSR count). The molecule has 3 aromatic rings. The van der Waals surface area contributed by atoms with Gasteiger partial charge in [0.1, 0.15) is 11.6 Å². The first-order chi connectivity index (χ1) is 11.8. The maximum atomic E-state index is 13.2. The number of imidazole rings is 1. The van der Waals surface area contributed by atoms with Crippen molar-refractivity contribution in [3.05, 3.63) is 35.1 Å². The number of carbonyl (C=O) groups excluding carboxylic acids is 1. The molecule has 1 amide bonds. The van der Waals surface area contributed by atoms with E-state index >= 15 is 0 Å². The molecule has 0 radical (unpaired) electrons. The number of nitrogens with zero attached hydrogens (tertiary/aromatic N) is 4. The third-order valence-corrected chi connectivity index (χ3v) is 4.53. The molecular formula is C15H14F3N5OS. The highest BCUT2D eigenvalue weighted by Crippen LogP contribution is 2.31. The summed E-state index contributed by atoms with van der Waals surface area (Å²) < 4.78 is 40.5. The molecule has 0 saturated heterocycles. The van der Waals surface area contributed by atoms with E-state index in [1.807, 2.05) is 13.8 Å². The van der Waals surface area contributed by atoms with Gasteiger partial charge >= 0.3 is 6.18 Å². The molecule has 0 spiro atoms. The van der Waals surface area contributed by atoms with Crippen molar-refractivity contribution < 1.29 is 18.0 Å². The Bertz CT molecular complexity index is 915. The molecule has 10 heteroatoms. The van der Waals surface area contributed by atoms with Gasteiger partial charge in [-0.3, -0.25) is 10.1 Å². The van der Waals surface area contributed by atoms with Crippen molar-refractivity contribution in [3.63, 3.8) is 0 Å². The minimum absolute atomic E-state index is 0.151. The number of hydrogen-bond acceptors (Lipinski definition) is 5. The second-order valence-corrected chi connectivity index (χ2v) is 6.67. The summed E-state index contributed by atoms with van der Waals surface area (Å²) in [5, 5.41) is 11.2. The summed E-state index contributed by atoms with van der Waals surface area (Å²) in [7, 11) is 0. The largest absolute Gasteiger partial charge is 0.449 e. The number of halogens is 3. The highest BCUT2D eigenvalue weighted by molar-refractivity contribution is 7.15. The Balaban J connectivity index is 1.87. The molecular weight excluding hydrogens is 355 g/mol. The first kappa shape index (κ1) is 17.3. The fourth-order valence-corrected chi connectivity index (χ4v) is 3.03. The van der Waals surface area contributed by atoms with Crippen LogP contribution in [0.25, 0.3) is 11.0 Å². The highest BCUT2D eigenvalue weighted by Gasteiger charge is 2.38. The predicted octanol–water partition coefficient (Wildman–Crippen LogP) is 3.67. The summed E-state index contributed by atoms with van der Waals surface area (Å²) in [5.74, 6) is -1.58. The van der Waals surface area contributed by atoms with Gasteiger partial charge in [-0.15, -0.1) is 10.2 Å². The number of nitrogens with one attached hydrogen (secondary N) is 1. The number of fused-ring (bicyclic) bond motifs is 1. The van der Waals surface area contributed by atoms with Gasteiger partial charge in [-0.05, 0) is 12.1 Å². The summed E-state index contributed by atoms with van der Waals surface area (Å²) >= 11 is 1.19. The molecule has 1 aromatic carbocycles. The SMILES string of the molecule is CC(C)c1nnc(NC(=O)Cn2c(C(F)(F)F)nc3ccccc32)s1. The summed E-state index contributed by atoms with van der Waals surface area (Å²) in [6, 6.07) is 6.15. The first-order valence-electron chi connectivity index (χ1n) is 7.41. The van der Waals surface area contributed by atoms with Crippen molar-refractivity contribution in [2.24, 2.45) is 0 Å². The highest BCUT2D eigenvalue weighted by atomic mass is 32.1. The van der Waals surface area contributed by atoms with Gasteiger partial charge < -0.3 is 4.57 Å². The Labute approximate surface area is 144 Å². The van der Waals surface area contributed by atoms with E-state index in [-0.39, 0.29) is 22.1 Å². The Morgan fingerprint density at radius 2 is 2.00 bits per heavy atom. The van der Waals surface area contributed by atoms with Crippen LogP contribution >= 0.6 is 11.3 Å². The van der Waals surface area contributed by atoms with Gasteiger partial charge in [0.2, 0.25) is 16.9 Å².